The van der Waals surface area contributed by atoms with E-state index in [1.807, 2.05) is 5.38 Å². The molecule has 2 aromatic rings. The second-order valence-electron chi connectivity index (χ2n) is 3.88. The molecule has 0 amide bonds. The maximum absolute atomic E-state index is 4.30. The second kappa shape index (κ2) is 4.97. The fraction of sp³-hybridized carbons (Fsp3) is 0.250. The van der Waals surface area contributed by atoms with Gasteiger partial charge in [0.25, 0.3) is 0 Å². The summed E-state index contributed by atoms with van der Waals surface area (Å²) >= 11 is 4.93. The van der Waals surface area contributed by atoms with E-state index in [1.165, 1.54) is 5.56 Å². The van der Waals surface area contributed by atoms with Crippen LogP contribution in [0, 0.1) is 0 Å². The highest BCUT2D eigenvalue weighted by atomic mass is 79.9. The first-order valence-electron chi connectivity index (χ1n) is 5.13. The maximum Gasteiger partial charge on any atom is 0.188 e. The summed E-state index contributed by atoms with van der Waals surface area (Å²) in [7, 11) is 0. The topological polar surface area (TPSA) is 24.9 Å². The quantitative estimate of drug-likeness (QED) is 0.882. The molecule has 0 aliphatic heterocycles. The lowest BCUT2D eigenvalue weighted by atomic mass is 10.0. The number of halogens is 1. The first-order chi connectivity index (χ1) is 7.65. The van der Waals surface area contributed by atoms with E-state index in [9.17, 15) is 0 Å². The van der Waals surface area contributed by atoms with E-state index >= 15 is 0 Å². The van der Waals surface area contributed by atoms with Crippen LogP contribution in [-0.2, 0) is 0 Å². The van der Waals surface area contributed by atoms with Crippen LogP contribution in [0.5, 0.6) is 0 Å². The van der Waals surface area contributed by atoms with Gasteiger partial charge in [0.1, 0.15) is 4.60 Å². The van der Waals surface area contributed by atoms with Crippen molar-refractivity contribution >= 4 is 38.1 Å². The van der Waals surface area contributed by atoms with Crippen LogP contribution in [0.1, 0.15) is 25.3 Å². The van der Waals surface area contributed by atoms with Crippen LogP contribution in [0.15, 0.2) is 34.2 Å². The number of rotatable bonds is 3. The number of hydrogen-bond acceptors (Lipinski definition) is 3. The summed E-state index contributed by atoms with van der Waals surface area (Å²) in [5.74, 6) is 0.546. The van der Waals surface area contributed by atoms with Crippen molar-refractivity contribution in [3.05, 3.63) is 39.8 Å². The molecule has 1 N–H and O–H groups in total. The van der Waals surface area contributed by atoms with Crippen LogP contribution in [0.25, 0.3) is 0 Å². The number of hydrogen-bond donors (Lipinski definition) is 1. The summed E-state index contributed by atoms with van der Waals surface area (Å²) in [5.41, 5.74) is 2.42. The molecule has 0 aliphatic carbocycles. The van der Waals surface area contributed by atoms with Crippen molar-refractivity contribution in [2.24, 2.45) is 0 Å². The van der Waals surface area contributed by atoms with Gasteiger partial charge in [-0.2, -0.15) is 0 Å². The van der Waals surface area contributed by atoms with E-state index < -0.39 is 0 Å². The van der Waals surface area contributed by atoms with Crippen LogP contribution in [0.2, 0.25) is 0 Å². The molecule has 0 radical (unpaired) electrons. The van der Waals surface area contributed by atoms with Crippen molar-refractivity contribution < 1.29 is 0 Å². The Morgan fingerprint density at radius 3 is 2.81 bits per heavy atom. The van der Waals surface area contributed by atoms with E-state index in [2.05, 4.69) is 64.3 Å². The van der Waals surface area contributed by atoms with Gasteiger partial charge in [-0.05, 0) is 39.5 Å². The zero-order valence-corrected chi connectivity index (χ0v) is 11.6. The lowest BCUT2D eigenvalue weighted by Crippen LogP contribution is -1.92. The lowest BCUT2D eigenvalue weighted by molar-refractivity contribution is 0.867. The average molecular weight is 297 g/mol. The summed E-state index contributed by atoms with van der Waals surface area (Å²) in [6, 6.07) is 8.44. The fourth-order valence-electron chi connectivity index (χ4n) is 1.41. The number of benzene rings is 1. The molecule has 1 aromatic heterocycles. The van der Waals surface area contributed by atoms with Crippen molar-refractivity contribution in [3.8, 4) is 0 Å². The molecule has 0 spiro atoms. The third-order valence-electron chi connectivity index (χ3n) is 2.28. The predicted octanol–water partition coefficient (Wildman–Crippen LogP) is 4.77. The Labute approximate surface area is 108 Å². The van der Waals surface area contributed by atoms with Gasteiger partial charge in [-0.15, -0.1) is 11.3 Å². The SMILES string of the molecule is CC(C)c1cccc(Nc2nc(Br)cs2)c1. The molecule has 0 fully saturated rings. The van der Waals surface area contributed by atoms with Crippen molar-refractivity contribution in [1.29, 1.82) is 0 Å². The number of nitrogens with one attached hydrogen (secondary N) is 1. The monoisotopic (exact) mass is 296 g/mol. The summed E-state index contributed by atoms with van der Waals surface area (Å²) < 4.78 is 0.875. The molecule has 16 heavy (non-hydrogen) atoms. The van der Waals surface area contributed by atoms with Gasteiger partial charge < -0.3 is 5.32 Å². The zero-order valence-electron chi connectivity index (χ0n) is 9.20. The zero-order chi connectivity index (χ0) is 11.5. The Hall–Kier alpha value is -0.870. The van der Waals surface area contributed by atoms with Crippen LogP contribution in [0.4, 0.5) is 10.8 Å². The summed E-state index contributed by atoms with van der Waals surface area (Å²) in [6.07, 6.45) is 0. The summed E-state index contributed by atoms with van der Waals surface area (Å²) in [6.45, 7) is 4.39. The minimum atomic E-state index is 0.546. The summed E-state index contributed by atoms with van der Waals surface area (Å²) in [5, 5.41) is 6.17. The molecular weight excluding hydrogens is 284 g/mol. The Kier molecular flexibility index (Phi) is 3.61. The van der Waals surface area contributed by atoms with Gasteiger partial charge in [-0.25, -0.2) is 4.98 Å². The standard InChI is InChI=1S/C12H13BrN2S/c1-8(2)9-4-3-5-10(6-9)14-12-15-11(13)7-16-12/h3-8H,1-2H3,(H,14,15). The first kappa shape index (κ1) is 11.6. The predicted molar refractivity (Wildman–Crippen MR) is 73.6 cm³/mol. The molecule has 0 saturated carbocycles. The molecule has 84 valence electrons. The molecule has 2 rings (SSSR count). The van der Waals surface area contributed by atoms with Gasteiger partial charge in [0.2, 0.25) is 0 Å². The average Bonchev–Trinajstić information content (AvgIpc) is 2.64. The minimum absolute atomic E-state index is 0.546. The molecule has 0 saturated heterocycles. The number of thiazole rings is 1. The van der Waals surface area contributed by atoms with Crippen molar-refractivity contribution in [1.82, 2.24) is 4.98 Å². The first-order valence-corrected chi connectivity index (χ1v) is 6.80. The molecule has 1 heterocycles. The van der Waals surface area contributed by atoms with Gasteiger partial charge >= 0.3 is 0 Å². The highest BCUT2D eigenvalue weighted by molar-refractivity contribution is 9.10. The van der Waals surface area contributed by atoms with Gasteiger partial charge in [-0.1, -0.05) is 26.0 Å². The van der Waals surface area contributed by atoms with Crippen LogP contribution in [-0.4, -0.2) is 4.98 Å². The molecule has 0 unspecified atom stereocenters. The molecular formula is C12H13BrN2S. The van der Waals surface area contributed by atoms with E-state index in [1.54, 1.807) is 11.3 Å². The third-order valence-corrected chi connectivity index (χ3v) is 3.75. The number of aromatic nitrogens is 1. The van der Waals surface area contributed by atoms with Crippen LogP contribution in [0.3, 0.4) is 0 Å². The van der Waals surface area contributed by atoms with Crippen LogP contribution >= 0.6 is 27.3 Å². The Bertz CT molecular complexity index is 479. The Balaban J connectivity index is 2.18. The molecule has 1 aromatic carbocycles. The number of nitrogens with zero attached hydrogens (tertiary/aromatic N) is 1. The molecule has 0 atom stereocenters. The molecule has 0 aliphatic rings. The normalized spacial score (nSPS) is 10.8. The Morgan fingerprint density at radius 2 is 2.19 bits per heavy atom. The summed E-state index contributed by atoms with van der Waals surface area (Å²) in [4.78, 5) is 4.30. The number of anilines is 2. The van der Waals surface area contributed by atoms with Crippen LogP contribution < -0.4 is 5.32 Å². The second-order valence-corrected chi connectivity index (χ2v) is 5.55. The van der Waals surface area contributed by atoms with Crippen molar-refractivity contribution in [2.75, 3.05) is 5.32 Å². The van der Waals surface area contributed by atoms with Crippen molar-refractivity contribution in [3.63, 3.8) is 0 Å². The molecule has 2 nitrogen and oxygen atoms in total. The van der Waals surface area contributed by atoms with Crippen molar-refractivity contribution in [2.45, 2.75) is 19.8 Å². The van der Waals surface area contributed by atoms with Gasteiger partial charge in [-0.3, -0.25) is 0 Å². The largest absolute Gasteiger partial charge is 0.332 e. The molecule has 4 heteroatoms. The minimum Gasteiger partial charge on any atom is -0.332 e. The Morgan fingerprint density at radius 1 is 1.38 bits per heavy atom. The van der Waals surface area contributed by atoms with E-state index in [4.69, 9.17) is 0 Å². The van der Waals surface area contributed by atoms with Gasteiger partial charge in [0.15, 0.2) is 5.13 Å². The van der Waals surface area contributed by atoms with Gasteiger partial charge in [0, 0.05) is 11.1 Å². The lowest BCUT2D eigenvalue weighted by Gasteiger charge is -2.08. The third kappa shape index (κ3) is 2.83. The van der Waals surface area contributed by atoms with E-state index in [0.717, 1.165) is 15.4 Å². The van der Waals surface area contributed by atoms with E-state index in [-0.39, 0.29) is 0 Å². The highest BCUT2D eigenvalue weighted by Crippen LogP contribution is 2.25. The highest BCUT2D eigenvalue weighted by Gasteiger charge is 2.02. The maximum atomic E-state index is 4.30. The van der Waals surface area contributed by atoms with Gasteiger partial charge in [0.05, 0.1) is 0 Å². The smallest absolute Gasteiger partial charge is 0.188 e. The molecule has 0 bridgehead atoms. The fourth-order valence-corrected chi connectivity index (χ4v) is 2.58. The van der Waals surface area contributed by atoms with E-state index in [0.29, 0.717) is 5.92 Å².